The van der Waals surface area contributed by atoms with Gasteiger partial charge in [-0.05, 0) is 24.4 Å². The molecule has 0 amide bonds. The molecule has 1 atom stereocenters. The minimum Gasteiger partial charge on any atom is -0.355 e. The Balaban J connectivity index is 1.53. The minimum atomic E-state index is 0.316. The lowest BCUT2D eigenvalue weighted by Gasteiger charge is -2.12. The largest absolute Gasteiger partial charge is 0.355 e. The molecule has 0 saturated heterocycles. The zero-order valence-corrected chi connectivity index (χ0v) is 12.0. The first-order valence-electron chi connectivity index (χ1n) is 6.51. The summed E-state index contributed by atoms with van der Waals surface area (Å²) in [6, 6.07) is 8.27. The van der Waals surface area contributed by atoms with Gasteiger partial charge in [0, 0.05) is 31.0 Å². The van der Waals surface area contributed by atoms with Crippen molar-refractivity contribution in [3.63, 3.8) is 0 Å². The number of nitrogens with one attached hydrogen (secondary N) is 1. The highest BCUT2D eigenvalue weighted by molar-refractivity contribution is 7.13. The maximum atomic E-state index is 5.35. The van der Waals surface area contributed by atoms with Gasteiger partial charge in [0.2, 0.25) is 0 Å². The van der Waals surface area contributed by atoms with Crippen LogP contribution in [-0.2, 0) is 13.1 Å². The van der Waals surface area contributed by atoms with E-state index >= 15 is 0 Å². The van der Waals surface area contributed by atoms with Crippen LogP contribution in [-0.4, -0.2) is 21.0 Å². The van der Waals surface area contributed by atoms with Gasteiger partial charge in [0.15, 0.2) is 5.76 Å². The second kappa shape index (κ2) is 6.02. The molecule has 0 spiro atoms. The summed E-state index contributed by atoms with van der Waals surface area (Å²) in [6.45, 7) is 3.65. The molecule has 104 valence electrons. The van der Waals surface area contributed by atoms with E-state index in [4.69, 9.17) is 4.52 Å². The van der Waals surface area contributed by atoms with Gasteiger partial charge in [-0.3, -0.25) is 4.68 Å². The highest BCUT2D eigenvalue weighted by Crippen LogP contribution is 2.24. The Hall–Kier alpha value is -1.92. The van der Waals surface area contributed by atoms with Crippen LogP contribution in [0.25, 0.3) is 10.6 Å². The monoisotopic (exact) mass is 288 g/mol. The van der Waals surface area contributed by atoms with Gasteiger partial charge >= 0.3 is 0 Å². The average molecular weight is 288 g/mol. The van der Waals surface area contributed by atoms with Crippen LogP contribution in [0.15, 0.2) is 46.6 Å². The third kappa shape index (κ3) is 3.15. The summed E-state index contributed by atoms with van der Waals surface area (Å²) in [5.74, 6) is 0.830. The van der Waals surface area contributed by atoms with E-state index in [2.05, 4.69) is 22.5 Å². The Morgan fingerprint density at radius 1 is 1.45 bits per heavy atom. The first-order valence-corrected chi connectivity index (χ1v) is 7.39. The fourth-order valence-electron chi connectivity index (χ4n) is 1.96. The van der Waals surface area contributed by atoms with E-state index in [0.717, 1.165) is 22.9 Å². The minimum absolute atomic E-state index is 0.316. The zero-order chi connectivity index (χ0) is 13.8. The summed E-state index contributed by atoms with van der Waals surface area (Å²) < 4.78 is 7.26. The fraction of sp³-hybridized carbons (Fsp3) is 0.286. The Bertz CT molecular complexity index is 630. The summed E-state index contributed by atoms with van der Waals surface area (Å²) in [6.07, 6.45) is 3.75. The maximum Gasteiger partial charge on any atom is 0.177 e. The standard InChI is InChI=1S/C14H16N4OS/c1-11(10-18-6-3-5-16-18)15-9-12-8-13(19-17-12)14-4-2-7-20-14/h2-8,11,15H,9-10H2,1H3/t11-/m0/s1. The highest BCUT2D eigenvalue weighted by atomic mass is 32.1. The number of thiophene rings is 1. The van der Waals surface area contributed by atoms with Crippen molar-refractivity contribution in [3.8, 4) is 10.6 Å². The summed E-state index contributed by atoms with van der Waals surface area (Å²) in [5.41, 5.74) is 0.917. The molecule has 0 unspecified atom stereocenters. The molecule has 3 rings (SSSR count). The van der Waals surface area contributed by atoms with E-state index in [-0.39, 0.29) is 0 Å². The smallest absolute Gasteiger partial charge is 0.177 e. The molecular weight excluding hydrogens is 272 g/mol. The molecular formula is C14H16N4OS. The Morgan fingerprint density at radius 2 is 2.40 bits per heavy atom. The molecule has 3 aromatic heterocycles. The third-order valence-corrected chi connectivity index (χ3v) is 3.86. The van der Waals surface area contributed by atoms with Crippen LogP contribution in [0.3, 0.4) is 0 Å². The van der Waals surface area contributed by atoms with Gasteiger partial charge in [-0.15, -0.1) is 11.3 Å². The average Bonchev–Trinajstić information content (AvgIpc) is 3.18. The number of hydrogen-bond acceptors (Lipinski definition) is 5. The Morgan fingerprint density at radius 3 is 3.15 bits per heavy atom. The molecule has 0 saturated carbocycles. The van der Waals surface area contributed by atoms with Gasteiger partial charge < -0.3 is 9.84 Å². The predicted octanol–water partition coefficient (Wildman–Crippen LogP) is 2.78. The van der Waals surface area contributed by atoms with Crippen LogP contribution >= 0.6 is 11.3 Å². The lowest BCUT2D eigenvalue weighted by atomic mass is 10.3. The molecule has 20 heavy (non-hydrogen) atoms. The maximum absolute atomic E-state index is 5.35. The van der Waals surface area contributed by atoms with E-state index in [0.29, 0.717) is 12.6 Å². The van der Waals surface area contributed by atoms with Gasteiger partial charge in [-0.2, -0.15) is 5.10 Å². The third-order valence-electron chi connectivity index (χ3n) is 2.97. The number of nitrogens with zero attached hydrogens (tertiary/aromatic N) is 3. The van der Waals surface area contributed by atoms with Crippen LogP contribution in [0.5, 0.6) is 0 Å². The van der Waals surface area contributed by atoms with Crippen LogP contribution in [0.1, 0.15) is 12.6 Å². The molecule has 1 N–H and O–H groups in total. The molecule has 0 aliphatic carbocycles. The van der Waals surface area contributed by atoms with Gasteiger partial charge in [-0.1, -0.05) is 11.2 Å². The lowest BCUT2D eigenvalue weighted by molar-refractivity contribution is 0.407. The first-order chi connectivity index (χ1) is 9.81. The topological polar surface area (TPSA) is 55.9 Å². The van der Waals surface area contributed by atoms with Crippen LogP contribution in [0.4, 0.5) is 0 Å². The lowest BCUT2D eigenvalue weighted by Crippen LogP contribution is -2.30. The summed E-state index contributed by atoms with van der Waals surface area (Å²) in [7, 11) is 0. The van der Waals surface area contributed by atoms with Crippen molar-refractivity contribution in [2.45, 2.75) is 26.1 Å². The van der Waals surface area contributed by atoms with E-state index in [1.54, 1.807) is 17.5 Å². The van der Waals surface area contributed by atoms with Crippen LogP contribution in [0, 0.1) is 0 Å². The molecule has 6 heteroatoms. The molecule has 0 aliphatic rings. The highest BCUT2D eigenvalue weighted by Gasteiger charge is 2.09. The molecule has 0 aromatic carbocycles. The van der Waals surface area contributed by atoms with Gasteiger partial charge in [0.25, 0.3) is 0 Å². The van der Waals surface area contributed by atoms with Crippen molar-refractivity contribution in [1.29, 1.82) is 0 Å². The SMILES string of the molecule is C[C@@H](Cn1cccn1)NCc1cc(-c2cccs2)on1. The summed E-state index contributed by atoms with van der Waals surface area (Å²) in [4.78, 5) is 1.10. The predicted molar refractivity (Wildman–Crippen MR) is 78.3 cm³/mol. The Kier molecular flexibility index (Phi) is 3.94. The Labute approximate surface area is 121 Å². The zero-order valence-electron chi connectivity index (χ0n) is 11.2. The van der Waals surface area contributed by atoms with Crippen molar-refractivity contribution in [2.24, 2.45) is 0 Å². The van der Waals surface area contributed by atoms with E-state index in [9.17, 15) is 0 Å². The van der Waals surface area contributed by atoms with Crippen LogP contribution in [0.2, 0.25) is 0 Å². The quantitative estimate of drug-likeness (QED) is 0.758. The second-order valence-corrected chi connectivity index (χ2v) is 5.62. The van der Waals surface area contributed by atoms with E-state index < -0.39 is 0 Å². The van der Waals surface area contributed by atoms with Gasteiger partial charge in [-0.25, -0.2) is 0 Å². The van der Waals surface area contributed by atoms with Gasteiger partial charge in [0.1, 0.15) is 0 Å². The molecule has 0 radical (unpaired) electrons. The van der Waals surface area contributed by atoms with Crippen LogP contribution < -0.4 is 5.32 Å². The van der Waals surface area contributed by atoms with Crippen molar-refractivity contribution in [1.82, 2.24) is 20.3 Å². The van der Waals surface area contributed by atoms with Crippen molar-refractivity contribution in [3.05, 3.63) is 47.7 Å². The van der Waals surface area contributed by atoms with Crippen molar-refractivity contribution in [2.75, 3.05) is 0 Å². The number of aromatic nitrogens is 3. The summed E-state index contributed by atoms with van der Waals surface area (Å²) >= 11 is 1.65. The number of rotatable bonds is 6. The van der Waals surface area contributed by atoms with E-state index in [1.807, 2.05) is 40.5 Å². The van der Waals surface area contributed by atoms with Crippen molar-refractivity contribution >= 4 is 11.3 Å². The van der Waals surface area contributed by atoms with Gasteiger partial charge in [0.05, 0.1) is 17.1 Å². The second-order valence-electron chi connectivity index (χ2n) is 4.67. The molecule has 0 aliphatic heterocycles. The molecule has 5 nitrogen and oxygen atoms in total. The first kappa shape index (κ1) is 13.1. The molecule has 3 heterocycles. The van der Waals surface area contributed by atoms with Crippen molar-refractivity contribution < 1.29 is 4.52 Å². The van der Waals surface area contributed by atoms with E-state index in [1.165, 1.54) is 0 Å². The fourth-order valence-corrected chi connectivity index (χ4v) is 2.64. The normalized spacial score (nSPS) is 12.7. The molecule has 3 aromatic rings. The number of hydrogen-bond donors (Lipinski definition) is 1. The molecule has 0 bridgehead atoms. The summed E-state index contributed by atoms with van der Waals surface area (Å²) in [5, 5.41) is 13.7. The molecule has 0 fully saturated rings.